The minimum atomic E-state index is -0.246. The molecular formula is C13H21NO2. The molecule has 2 unspecified atom stereocenters. The van der Waals surface area contributed by atoms with Crippen LogP contribution >= 0.6 is 0 Å². The van der Waals surface area contributed by atoms with E-state index in [0.29, 0.717) is 13.0 Å². The lowest BCUT2D eigenvalue weighted by molar-refractivity contribution is -0.140. The smallest absolute Gasteiger partial charge is 0.290 e. The van der Waals surface area contributed by atoms with Crippen LogP contribution in [0.1, 0.15) is 45.4 Å². The standard InChI is InChI=1S/C13H21NO2/c1-10-3-2-4-11(9-10)5-7-14-8-6-12(15)13(14)16/h10-11H,2-9H2,1H3. The summed E-state index contributed by atoms with van der Waals surface area (Å²) >= 11 is 0. The Morgan fingerprint density at radius 1 is 1.31 bits per heavy atom. The molecular weight excluding hydrogens is 202 g/mol. The number of carbonyl (C=O) groups excluding carboxylic acids is 2. The summed E-state index contributed by atoms with van der Waals surface area (Å²) in [6.45, 7) is 3.76. The molecule has 1 amide bonds. The van der Waals surface area contributed by atoms with Crippen LogP contribution in [0.15, 0.2) is 0 Å². The van der Waals surface area contributed by atoms with Gasteiger partial charge >= 0.3 is 0 Å². The van der Waals surface area contributed by atoms with Gasteiger partial charge in [-0.25, -0.2) is 0 Å². The summed E-state index contributed by atoms with van der Waals surface area (Å²) in [5.74, 6) is 1.17. The fraction of sp³-hybridized carbons (Fsp3) is 0.846. The highest BCUT2D eigenvalue weighted by Gasteiger charge is 2.29. The predicted octanol–water partition coefficient (Wildman–Crippen LogP) is 2.00. The van der Waals surface area contributed by atoms with Crippen molar-refractivity contribution in [3.05, 3.63) is 0 Å². The maximum atomic E-state index is 11.4. The van der Waals surface area contributed by atoms with E-state index in [0.717, 1.165) is 24.8 Å². The summed E-state index contributed by atoms with van der Waals surface area (Å²) in [5, 5.41) is 0. The number of likely N-dealkylation sites (tertiary alicyclic amines) is 1. The second kappa shape index (κ2) is 4.98. The SMILES string of the molecule is CC1CCCC(CCN2CCC(=O)C2=O)C1. The highest BCUT2D eigenvalue weighted by Crippen LogP contribution is 2.30. The van der Waals surface area contributed by atoms with Gasteiger partial charge in [0.25, 0.3) is 5.91 Å². The Morgan fingerprint density at radius 2 is 2.12 bits per heavy atom. The molecule has 0 aromatic heterocycles. The minimum Gasteiger partial charge on any atom is -0.336 e. The van der Waals surface area contributed by atoms with Gasteiger partial charge in [0.05, 0.1) is 0 Å². The molecule has 2 aliphatic rings. The van der Waals surface area contributed by atoms with Crippen LogP contribution in [-0.4, -0.2) is 29.7 Å². The van der Waals surface area contributed by atoms with Gasteiger partial charge in [0.1, 0.15) is 0 Å². The molecule has 1 aliphatic heterocycles. The topological polar surface area (TPSA) is 37.4 Å². The van der Waals surface area contributed by atoms with Crippen molar-refractivity contribution in [1.82, 2.24) is 4.90 Å². The van der Waals surface area contributed by atoms with Gasteiger partial charge in [-0.15, -0.1) is 0 Å². The van der Waals surface area contributed by atoms with Gasteiger partial charge in [0.15, 0.2) is 0 Å². The molecule has 2 atom stereocenters. The predicted molar refractivity (Wildman–Crippen MR) is 61.9 cm³/mol. The van der Waals surface area contributed by atoms with Crippen LogP contribution in [-0.2, 0) is 9.59 Å². The summed E-state index contributed by atoms with van der Waals surface area (Å²) in [4.78, 5) is 24.3. The zero-order valence-electron chi connectivity index (χ0n) is 10.1. The lowest BCUT2D eigenvalue weighted by atomic mass is 9.81. The highest BCUT2D eigenvalue weighted by molar-refractivity contribution is 6.37. The van der Waals surface area contributed by atoms with Crippen molar-refractivity contribution in [3.63, 3.8) is 0 Å². The van der Waals surface area contributed by atoms with Gasteiger partial charge in [-0.05, 0) is 24.7 Å². The molecule has 16 heavy (non-hydrogen) atoms. The van der Waals surface area contributed by atoms with Crippen molar-refractivity contribution in [2.75, 3.05) is 13.1 Å². The first-order chi connectivity index (χ1) is 7.66. The number of hydrogen-bond acceptors (Lipinski definition) is 2. The van der Waals surface area contributed by atoms with Gasteiger partial charge in [0.2, 0.25) is 5.78 Å². The van der Waals surface area contributed by atoms with Crippen LogP contribution in [0, 0.1) is 11.8 Å². The molecule has 1 saturated carbocycles. The number of amides is 1. The summed E-state index contributed by atoms with van der Waals surface area (Å²) in [5.41, 5.74) is 0. The molecule has 90 valence electrons. The number of ketones is 1. The quantitative estimate of drug-likeness (QED) is 0.686. The fourth-order valence-corrected chi connectivity index (χ4v) is 3.00. The molecule has 0 radical (unpaired) electrons. The third-order valence-electron chi connectivity index (χ3n) is 3.99. The number of nitrogens with zero attached hydrogens (tertiary/aromatic N) is 1. The van der Waals surface area contributed by atoms with Gasteiger partial charge < -0.3 is 4.90 Å². The normalized spacial score (nSPS) is 31.2. The van der Waals surface area contributed by atoms with E-state index in [1.807, 2.05) is 0 Å². The number of rotatable bonds is 3. The van der Waals surface area contributed by atoms with E-state index in [1.165, 1.54) is 25.7 Å². The molecule has 1 saturated heterocycles. The molecule has 0 aromatic rings. The Bertz CT molecular complexity index is 288. The van der Waals surface area contributed by atoms with E-state index in [-0.39, 0.29) is 11.7 Å². The average molecular weight is 223 g/mol. The van der Waals surface area contributed by atoms with E-state index in [2.05, 4.69) is 6.92 Å². The van der Waals surface area contributed by atoms with Gasteiger partial charge in [-0.2, -0.15) is 0 Å². The monoisotopic (exact) mass is 223 g/mol. The molecule has 3 heteroatoms. The molecule has 0 spiro atoms. The second-order valence-electron chi connectivity index (χ2n) is 5.39. The Kier molecular flexibility index (Phi) is 3.62. The van der Waals surface area contributed by atoms with E-state index >= 15 is 0 Å². The molecule has 2 rings (SSSR count). The summed E-state index contributed by atoms with van der Waals surface area (Å²) in [6, 6.07) is 0. The van der Waals surface area contributed by atoms with Crippen molar-refractivity contribution in [2.24, 2.45) is 11.8 Å². The maximum absolute atomic E-state index is 11.4. The Labute approximate surface area is 97.2 Å². The van der Waals surface area contributed by atoms with Crippen LogP contribution in [0.3, 0.4) is 0 Å². The van der Waals surface area contributed by atoms with Crippen molar-refractivity contribution in [1.29, 1.82) is 0 Å². The van der Waals surface area contributed by atoms with E-state index < -0.39 is 0 Å². The van der Waals surface area contributed by atoms with Gasteiger partial charge in [0, 0.05) is 19.5 Å². The zero-order valence-corrected chi connectivity index (χ0v) is 10.1. The number of carbonyl (C=O) groups is 2. The maximum Gasteiger partial charge on any atom is 0.290 e. The Morgan fingerprint density at radius 3 is 2.75 bits per heavy atom. The minimum absolute atomic E-state index is 0.197. The number of Topliss-reactive ketones (excluding diaryl/α,β-unsaturated/α-hetero) is 1. The van der Waals surface area contributed by atoms with Gasteiger partial charge in [-0.3, -0.25) is 9.59 Å². The zero-order chi connectivity index (χ0) is 11.5. The van der Waals surface area contributed by atoms with Crippen molar-refractivity contribution in [2.45, 2.75) is 45.4 Å². The van der Waals surface area contributed by atoms with Gasteiger partial charge in [-0.1, -0.05) is 26.2 Å². The lowest BCUT2D eigenvalue weighted by Crippen LogP contribution is -2.30. The van der Waals surface area contributed by atoms with Crippen molar-refractivity contribution in [3.8, 4) is 0 Å². The molecule has 2 fully saturated rings. The average Bonchev–Trinajstić information content (AvgIpc) is 2.57. The molecule has 0 N–H and O–H groups in total. The third-order valence-corrected chi connectivity index (χ3v) is 3.99. The Hall–Kier alpha value is -0.860. The van der Waals surface area contributed by atoms with E-state index in [1.54, 1.807) is 4.90 Å². The van der Waals surface area contributed by atoms with Crippen molar-refractivity contribution < 1.29 is 9.59 Å². The molecule has 3 nitrogen and oxygen atoms in total. The first-order valence-electron chi connectivity index (χ1n) is 6.49. The van der Waals surface area contributed by atoms with Crippen LogP contribution in [0.5, 0.6) is 0 Å². The lowest BCUT2D eigenvalue weighted by Gasteiger charge is -2.28. The molecule has 1 aliphatic carbocycles. The third kappa shape index (κ3) is 2.63. The van der Waals surface area contributed by atoms with Crippen LogP contribution in [0.2, 0.25) is 0 Å². The van der Waals surface area contributed by atoms with E-state index in [9.17, 15) is 9.59 Å². The van der Waals surface area contributed by atoms with Crippen LogP contribution < -0.4 is 0 Å². The van der Waals surface area contributed by atoms with Crippen LogP contribution in [0.4, 0.5) is 0 Å². The molecule has 0 aromatic carbocycles. The second-order valence-corrected chi connectivity index (χ2v) is 5.39. The molecule has 0 bridgehead atoms. The van der Waals surface area contributed by atoms with Crippen molar-refractivity contribution >= 4 is 11.7 Å². The Balaban J connectivity index is 1.75. The first kappa shape index (κ1) is 11.6. The number of hydrogen-bond donors (Lipinski definition) is 0. The summed E-state index contributed by atoms with van der Waals surface area (Å²) < 4.78 is 0. The molecule has 1 heterocycles. The fourth-order valence-electron chi connectivity index (χ4n) is 3.00. The summed E-state index contributed by atoms with van der Waals surface area (Å²) in [6.07, 6.45) is 6.82. The summed E-state index contributed by atoms with van der Waals surface area (Å²) in [7, 11) is 0. The first-order valence-corrected chi connectivity index (χ1v) is 6.49. The van der Waals surface area contributed by atoms with E-state index in [4.69, 9.17) is 0 Å². The largest absolute Gasteiger partial charge is 0.336 e. The highest BCUT2D eigenvalue weighted by atomic mass is 16.2. The van der Waals surface area contributed by atoms with Crippen LogP contribution in [0.25, 0.3) is 0 Å².